The molecule has 0 aliphatic carbocycles. The third-order valence-corrected chi connectivity index (χ3v) is 5.24. The molecule has 3 nitrogen and oxygen atoms in total. The number of methoxy groups -OCH3 is 1. The largest absolute Gasteiger partial charge is 0.385 e. The van der Waals surface area contributed by atoms with Crippen molar-refractivity contribution in [3.63, 3.8) is 0 Å². The van der Waals surface area contributed by atoms with Crippen molar-refractivity contribution in [1.29, 1.82) is 0 Å². The summed E-state index contributed by atoms with van der Waals surface area (Å²) in [7, 11) is 1.78. The Bertz CT molecular complexity index is 232. The van der Waals surface area contributed by atoms with Crippen LogP contribution in [0.2, 0.25) is 0 Å². The van der Waals surface area contributed by atoms with Crippen LogP contribution >= 0.6 is 11.8 Å². The van der Waals surface area contributed by atoms with Crippen molar-refractivity contribution >= 4 is 11.8 Å². The zero-order chi connectivity index (χ0) is 12.7. The summed E-state index contributed by atoms with van der Waals surface area (Å²) in [6.45, 7) is 3.00. The van der Waals surface area contributed by atoms with E-state index in [4.69, 9.17) is 9.47 Å². The third kappa shape index (κ3) is 4.41. The van der Waals surface area contributed by atoms with Crippen molar-refractivity contribution in [3.8, 4) is 0 Å². The minimum Gasteiger partial charge on any atom is -0.385 e. The lowest BCUT2D eigenvalue weighted by atomic mass is 9.90. The van der Waals surface area contributed by atoms with E-state index >= 15 is 0 Å². The number of unbranched alkanes of at least 4 members (excludes halogenated alkanes) is 2. The highest BCUT2D eigenvalue weighted by atomic mass is 32.2. The van der Waals surface area contributed by atoms with Gasteiger partial charge in [-0.2, -0.15) is 11.8 Å². The Kier molecular flexibility index (Phi) is 6.29. The van der Waals surface area contributed by atoms with Crippen LogP contribution < -0.4 is 5.32 Å². The lowest BCUT2D eigenvalue weighted by Crippen LogP contribution is -2.47. The SMILES string of the molecule is COCCCCCNC1CCOC2(CCSC2)C1. The fraction of sp³-hybridized carbons (Fsp3) is 1.00. The van der Waals surface area contributed by atoms with E-state index in [0.717, 1.165) is 19.8 Å². The van der Waals surface area contributed by atoms with Gasteiger partial charge in [-0.1, -0.05) is 0 Å². The van der Waals surface area contributed by atoms with E-state index in [1.54, 1.807) is 7.11 Å². The zero-order valence-electron chi connectivity index (χ0n) is 11.6. The second kappa shape index (κ2) is 7.73. The molecule has 2 aliphatic heterocycles. The number of thioether (sulfide) groups is 1. The average molecular weight is 273 g/mol. The molecule has 0 aromatic rings. The number of rotatable bonds is 7. The summed E-state index contributed by atoms with van der Waals surface area (Å²) in [4.78, 5) is 0. The molecule has 2 saturated heterocycles. The van der Waals surface area contributed by atoms with Gasteiger partial charge >= 0.3 is 0 Å². The van der Waals surface area contributed by atoms with Crippen LogP contribution in [0.1, 0.15) is 38.5 Å². The van der Waals surface area contributed by atoms with E-state index in [1.807, 2.05) is 0 Å². The smallest absolute Gasteiger partial charge is 0.0795 e. The molecular weight excluding hydrogens is 246 g/mol. The minimum absolute atomic E-state index is 0.219. The van der Waals surface area contributed by atoms with E-state index in [0.29, 0.717) is 6.04 Å². The van der Waals surface area contributed by atoms with Gasteiger partial charge in [0.1, 0.15) is 0 Å². The zero-order valence-corrected chi connectivity index (χ0v) is 12.4. The molecule has 4 heteroatoms. The van der Waals surface area contributed by atoms with Crippen LogP contribution in [-0.2, 0) is 9.47 Å². The quantitative estimate of drug-likeness (QED) is 0.722. The van der Waals surface area contributed by atoms with Crippen molar-refractivity contribution in [2.75, 3.05) is 38.4 Å². The molecule has 2 heterocycles. The van der Waals surface area contributed by atoms with Gasteiger partial charge in [0.05, 0.1) is 5.60 Å². The molecule has 2 unspecified atom stereocenters. The summed E-state index contributed by atoms with van der Waals surface area (Å²) in [6.07, 6.45) is 7.38. The molecule has 0 amide bonds. The fourth-order valence-electron chi connectivity index (χ4n) is 2.92. The molecule has 2 atom stereocenters. The molecule has 0 aromatic heterocycles. The Hall–Kier alpha value is 0.230. The van der Waals surface area contributed by atoms with E-state index in [2.05, 4.69) is 17.1 Å². The first-order valence-electron chi connectivity index (χ1n) is 7.29. The summed E-state index contributed by atoms with van der Waals surface area (Å²) in [5, 5.41) is 3.72. The average Bonchev–Trinajstić information content (AvgIpc) is 2.82. The standard InChI is InChI=1S/C14H27NO2S/c1-16-8-4-2-3-7-15-13-5-9-17-14(11-13)6-10-18-12-14/h13,15H,2-12H2,1H3. The molecular formula is C14H27NO2S. The lowest BCUT2D eigenvalue weighted by molar-refractivity contribution is -0.0700. The minimum atomic E-state index is 0.219. The third-order valence-electron chi connectivity index (χ3n) is 4.02. The Balaban J connectivity index is 1.58. The van der Waals surface area contributed by atoms with Crippen molar-refractivity contribution in [2.24, 2.45) is 0 Å². The van der Waals surface area contributed by atoms with Gasteiger partial charge in [-0.15, -0.1) is 0 Å². The molecule has 0 radical (unpaired) electrons. The molecule has 2 aliphatic rings. The van der Waals surface area contributed by atoms with Gasteiger partial charge in [0.15, 0.2) is 0 Å². The summed E-state index contributed by atoms with van der Waals surface area (Å²) >= 11 is 2.05. The predicted octanol–water partition coefficient (Wildman–Crippen LogP) is 2.45. The maximum absolute atomic E-state index is 6.04. The molecule has 2 rings (SSSR count). The molecule has 0 saturated carbocycles. The second-order valence-electron chi connectivity index (χ2n) is 5.53. The first kappa shape index (κ1) is 14.6. The molecule has 2 fully saturated rings. The topological polar surface area (TPSA) is 30.5 Å². The van der Waals surface area contributed by atoms with Crippen molar-refractivity contribution in [2.45, 2.75) is 50.2 Å². The lowest BCUT2D eigenvalue weighted by Gasteiger charge is -2.38. The maximum Gasteiger partial charge on any atom is 0.0795 e. The molecule has 1 N–H and O–H groups in total. The Morgan fingerprint density at radius 3 is 3.11 bits per heavy atom. The Morgan fingerprint density at radius 1 is 1.39 bits per heavy atom. The number of ether oxygens (including phenoxy) is 2. The van der Waals surface area contributed by atoms with E-state index < -0.39 is 0 Å². The Labute approximate surface area is 115 Å². The van der Waals surface area contributed by atoms with Crippen molar-refractivity contribution < 1.29 is 9.47 Å². The number of hydrogen-bond donors (Lipinski definition) is 1. The number of nitrogens with one attached hydrogen (secondary N) is 1. The highest BCUT2D eigenvalue weighted by Gasteiger charge is 2.40. The van der Waals surface area contributed by atoms with E-state index in [9.17, 15) is 0 Å². The van der Waals surface area contributed by atoms with Gasteiger partial charge in [-0.05, 0) is 50.8 Å². The number of hydrogen-bond acceptors (Lipinski definition) is 4. The van der Waals surface area contributed by atoms with Gasteiger partial charge in [-0.25, -0.2) is 0 Å². The van der Waals surface area contributed by atoms with E-state index in [-0.39, 0.29) is 5.60 Å². The maximum atomic E-state index is 6.04. The summed E-state index contributed by atoms with van der Waals surface area (Å²) < 4.78 is 11.1. The van der Waals surface area contributed by atoms with Crippen LogP contribution in [0.25, 0.3) is 0 Å². The molecule has 1 spiro atoms. The first-order chi connectivity index (χ1) is 8.85. The van der Waals surface area contributed by atoms with Gasteiger partial charge in [0, 0.05) is 32.1 Å². The van der Waals surface area contributed by atoms with Crippen molar-refractivity contribution in [3.05, 3.63) is 0 Å². The molecule has 0 bridgehead atoms. The normalized spacial score (nSPS) is 32.2. The first-order valence-corrected chi connectivity index (χ1v) is 8.44. The molecule has 106 valence electrons. The molecule has 0 aromatic carbocycles. The summed E-state index contributed by atoms with van der Waals surface area (Å²) in [6, 6.07) is 0.680. The summed E-state index contributed by atoms with van der Waals surface area (Å²) in [5.74, 6) is 2.49. The predicted molar refractivity (Wildman–Crippen MR) is 77.4 cm³/mol. The van der Waals surface area contributed by atoms with Crippen LogP contribution in [0.5, 0.6) is 0 Å². The highest BCUT2D eigenvalue weighted by Crippen LogP contribution is 2.38. The van der Waals surface area contributed by atoms with Crippen LogP contribution in [0.3, 0.4) is 0 Å². The van der Waals surface area contributed by atoms with Crippen LogP contribution in [-0.4, -0.2) is 50.0 Å². The Morgan fingerprint density at radius 2 is 2.33 bits per heavy atom. The van der Waals surface area contributed by atoms with Crippen molar-refractivity contribution in [1.82, 2.24) is 5.32 Å². The fourth-order valence-corrected chi connectivity index (χ4v) is 4.30. The summed E-state index contributed by atoms with van der Waals surface area (Å²) in [5.41, 5.74) is 0.219. The van der Waals surface area contributed by atoms with Crippen LogP contribution in [0.4, 0.5) is 0 Å². The van der Waals surface area contributed by atoms with E-state index in [1.165, 1.54) is 50.0 Å². The van der Waals surface area contributed by atoms with Gasteiger partial charge < -0.3 is 14.8 Å². The van der Waals surface area contributed by atoms with Gasteiger partial charge in [-0.3, -0.25) is 0 Å². The monoisotopic (exact) mass is 273 g/mol. The second-order valence-corrected chi connectivity index (χ2v) is 6.64. The van der Waals surface area contributed by atoms with Gasteiger partial charge in [0.2, 0.25) is 0 Å². The molecule has 18 heavy (non-hydrogen) atoms. The highest BCUT2D eigenvalue weighted by molar-refractivity contribution is 7.99. The van der Waals surface area contributed by atoms with Crippen LogP contribution in [0, 0.1) is 0 Å². The van der Waals surface area contributed by atoms with Gasteiger partial charge in [0.25, 0.3) is 0 Å². The van der Waals surface area contributed by atoms with Crippen LogP contribution in [0.15, 0.2) is 0 Å².